The topological polar surface area (TPSA) is 26.3 Å². The van der Waals surface area contributed by atoms with Crippen LogP contribution in [-0.4, -0.2) is 12.1 Å². The quantitative estimate of drug-likeness (QED) is 0.323. The van der Waals surface area contributed by atoms with Crippen LogP contribution in [0.3, 0.4) is 0 Å². The molecule has 0 aromatic rings. The Morgan fingerprint density at radius 1 is 1.31 bits per heavy atom. The van der Waals surface area contributed by atoms with Gasteiger partial charge < -0.3 is 4.74 Å². The first-order valence-corrected chi connectivity index (χ1v) is 4.84. The highest BCUT2D eigenvalue weighted by Crippen LogP contribution is 2.34. The highest BCUT2D eigenvalue weighted by molar-refractivity contribution is 5.90. The average Bonchev–Trinajstić information content (AvgIpc) is 2.31. The first-order chi connectivity index (χ1) is 6.29. The number of allylic oxidation sites excluding steroid dienone is 2. The van der Waals surface area contributed by atoms with Gasteiger partial charge in [0.25, 0.3) is 0 Å². The van der Waals surface area contributed by atoms with Crippen molar-refractivity contribution in [3.63, 3.8) is 0 Å². The maximum absolute atomic E-state index is 11.2. The van der Waals surface area contributed by atoms with E-state index in [0.29, 0.717) is 5.57 Å². The Morgan fingerprint density at radius 2 is 2.00 bits per heavy atom. The third-order valence-corrected chi connectivity index (χ3v) is 2.85. The standard InChI is InChI=1S/C11H14O2/c1-8-9-6-4-2-3-5-7-10(9)13-11(8)12/h2-3,9-10H,1,4-7H2/b3-2-/t9-,10-/m0/s1. The molecule has 0 aromatic carbocycles. The van der Waals surface area contributed by atoms with Crippen molar-refractivity contribution in [3.05, 3.63) is 24.3 Å². The number of carbonyl (C=O) groups is 1. The lowest BCUT2D eigenvalue weighted by Gasteiger charge is -2.17. The molecule has 2 aliphatic rings. The lowest BCUT2D eigenvalue weighted by atomic mass is 9.88. The molecular weight excluding hydrogens is 164 g/mol. The van der Waals surface area contributed by atoms with Crippen molar-refractivity contribution in [1.82, 2.24) is 0 Å². The number of hydrogen-bond donors (Lipinski definition) is 0. The number of ether oxygens (including phenoxy) is 1. The number of rotatable bonds is 0. The van der Waals surface area contributed by atoms with Crippen LogP contribution in [-0.2, 0) is 9.53 Å². The van der Waals surface area contributed by atoms with Gasteiger partial charge >= 0.3 is 5.97 Å². The Labute approximate surface area is 78.3 Å². The number of fused-ring (bicyclic) bond motifs is 1. The second kappa shape index (κ2) is 3.36. The van der Waals surface area contributed by atoms with Gasteiger partial charge in [0, 0.05) is 11.5 Å². The highest BCUT2D eigenvalue weighted by atomic mass is 16.6. The molecule has 0 aromatic heterocycles. The van der Waals surface area contributed by atoms with Crippen LogP contribution in [0.2, 0.25) is 0 Å². The van der Waals surface area contributed by atoms with Gasteiger partial charge in [0.1, 0.15) is 6.10 Å². The summed E-state index contributed by atoms with van der Waals surface area (Å²) in [5.41, 5.74) is 0.681. The summed E-state index contributed by atoms with van der Waals surface area (Å²) < 4.78 is 5.24. The molecule has 0 amide bonds. The lowest BCUT2D eigenvalue weighted by molar-refractivity contribution is -0.139. The molecular formula is C11H14O2. The zero-order valence-electron chi connectivity index (χ0n) is 7.66. The SMILES string of the molecule is C=C1C(=O)O[C@H]2CC/C=C\CC[C@@H]12. The predicted molar refractivity (Wildman–Crippen MR) is 50.1 cm³/mol. The summed E-state index contributed by atoms with van der Waals surface area (Å²) in [4.78, 5) is 11.2. The third-order valence-electron chi connectivity index (χ3n) is 2.85. The normalized spacial score (nSPS) is 36.0. The molecule has 1 heterocycles. The zero-order chi connectivity index (χ0) is 9.26. The largest absolute Gasteiger partial charge is 0.458 e. The van der Waals surface area contributed by atoms with E-state index in [1.54, 1.807) is 0 Å². The summed E-state index contributed by atoms with van der Waals surface area (Å²) in [5.74, 6) is 0.0920. The number of carbonyl (C=O) groups excluding carboxylic acids is 1. The van der Waals surface area contributed by atoms with Crippen LogP contribution >= 0.6 is 0 Å². The molecule has 0 unspecified atom stereocenters. The summed E-state index contributed by atoms with van der Waals surface area (Å²) in [6, 6.07) is 0. The Balaban J connectivity index is 2.14. The minimum atomic E-state index is -0.183. The Bertz CT molecular complexity index is 265. The first-order valence-electron chi connectivity index (χ1n) is 4.84. The summed E-state index contributed by atoms with van der Waals surface area (Å²) >= 11 is 0. The lowest BCUT2D eigenvalue weighted by Crippen LogP contribution is -2.17. The fraction of sp³-hybridized carbons (Fsp3) is 0.545. The fourth-order valence-electron chi connectivity index (χ4n) is 2.06. The van der Waals surface area contributed by atoms with Crippen LogP contribution < -0.4 is 0 Å². The van der Waals surface area contributed by atoms with Crippen LogP contribution in [0.1, 0.15) is 25.7 Å². The Morgan fingerprint density at radius 3 is 2.77 bits per heavy atom. The maximum atomic E-state index is 11.2. The molecule has 1 fully saturated rings. The fourth-order valence-corrected chi connectivity index (χ4v) is 2.06. The molecule has 0 N–H and O–H groups in total. The summed E-state index contributed by atoms with van der Waals surface area (Å²) in [6.45, 7) is 3.79. The average molecular weight is 178 g/mol. The van der Waals surface area contributed by atoms with E-state index in [9.17, 15) is 4.79 Å². The first kappa shape index (κ1) is 8.54. The minimum absolute atomic E-state index is 0.102. The van der Waals surface area contributed by atoms with Gasteiger partial charge in [-0.25, -0.2) is 4.79 Å². The summed E-state index contributed by atoms with van der Waals surface area (Å²) in [5, 5.41) is 0. The van der Waals surface area contributed by atoms with E-state index < -0.39 is 0 Å². The molecule has 2 rings (SSSR count). The second-order valence-electron chi connectivity index (χ2n) is 3.70. The van der Waals surface area contributed by atoms with E-state index in [4.69, 9.17) is 4.74 Å². The van der Waals surface area contributed by atoms with Crippen LogP contribution in [0.15, 0.2) is 24.3 Å². The monoisotopic (exact) mass is 178 g/mol. The molecule has 1 aliphatic carbocycles. The van der Waals surface area contributed by atoms with E-state index in [1.165, 1.54) is 0 Å². The van der Waals surface area contributed by atoms with Gasteiger partial charge in [-0.2, -0.15) is 0 Å². The molecule has 2 heteroatoms. The van der Waals surface area contributed by atoms with E-state index in [0.717, 1.165) is 25.7 Å². The van der Waals surface area contributed by atoms with Crippen LogP contribution in [0.5, 0.6) is 0 Å². The van der Waals surface area contributed by atoms with Gasteiger partial charge in [-0.3, -0.25) is 0 Å². The molecule has 1 aliphatic heterocycles. The molecule has 2 nitrogen and oxygen atoms in total. The van der Waals surface area contributed by atoms with Crippen molar-refractivity contribution in [2.75, 3.05) is 0 Å². The minimum Gasteiger partial charge on any atom is -0.458 e. The molecule has 0 spiro atoms. The number of hydrogen-bond acceptors (Lipinski definition) is 2. The van der Waals surface area contributed by atoms with Crippen LogP contribution in [0, 0.1) is 5.92 Å². The van der Waals surface area contributed by atoms with Gasteiger partial charge in [0.15, 0.2) is 0 Å². The Hall–Kier alpha value is -1.05. The summed E-state index contributed by atoms with van der Waals surface area (Å²) in [6.07, 6.45) is 8.47. The van der Waals surface area contributed by atoms with Crippen LogP contribution in [0.4, 0.5) is 0 Å². The molecule has 0 radical (unpaired) electrons. The van der Waals surface area contributed by atoms with E-state index in [2.05, 4.69) is 18.7 Å². The van der Waals surface area contributed by atoms with E-state index >= 15 is 0 Å². The molecule has 13 heavy (non-hydrogen) atoms. The smallest absolute Gasteiger partial charge is 0.334 e. The van der Waals surface area contributed by atoms with Crippen molar-refractivity contribution < 1.29 is 9.53 Å². The van der Waals surface area contributed by atoms with E-state index in [1.807, 2.05) is 0 Å². The van der Waals surface area contributed by atoms with Gasteiger partial charge in [-0.15, -0.1) is 0 Å². The highest BCUT2D eigenvalue weighted by Gasteiger charge is 2.37. The maximum Gasteiger partial charge on any atom is 0.334 e. The Kier molecular flexibility index (Phi) is 2.21. The van der Waals surface area contributed by atoms with Crippen molar-refractivity contribution in [2.45, 2.75) is 31.8 Å². The molecule has 1 saturated heterocycles. The second-order valence-corrected chi connectivity index (χ2v) is 3.70. The predicted octanol–water partition coefficient (Wildman–Crippen LogP) is 2.21. The molecule has 70 valence electrons. The van der Waals surface area contributed by atoms with Gasteiger partial charge in [-0.1, -0.05) is 18.7 Å². The van der Waals surface area contributed by atoms with Crippen LogP contribution in [0.25, 0.3) is 0 Å². The number of esters is 1. The molecule has 2 atom stereocenters. The van der Waals surface area contributed by atoms with E-state index in [-0.39, 0.29) is 18.0 Å². The van der Waals surface area contributed by atoms with Gasteiger partial charge in [0.05, 0.1) is 0 Å². The molecule has 0 saturated carbocycles. The van der Waals surface area contributed by atoms with Gasteiger partial charge in [0.2, 0.25) is 0 Å². The van der Waals surface area contributed by atoms with Crippen molar-refractivity contribution in [1.29, 1.82) is 0 Å². The van der Waals surface area contributed by atoms with Crippen molar-refractivity contribution in [2.24, 2.45) is 5.92 Å². The third kappa shape index (κ3) is 1.53. The molecule has 0 bridgehead atoms. The van der Waals surface area contributed by atoms with Crippen molar-refractivity contribution >= 4 is 5.97 Å². The summed E-state index contributed by atoms with van der Waals surface area (Å²) in [7, 11) is 0. The zero-order valence-corrected chi connectivity index (χ0v) is 7.66. The van der Waals surface area contributed by atoms with Crippen molar-refractivity contribution in [3.8, 4) is 0 Å². The van der Waals surface area contributed by atoms with Gasteiger partial charge in [-0.05, 0) is 25.7 Å².